The van der Waals surface area contributed by atoms with E-state index in [1.165, 1.54) is 0 Å². The summed E-state index contributed by atoms with van der Waals surface area (Å²) in [7, 11) is 3.44. The van der Waals surface area contributed by atoms with E-state index in [2.05, 4.69) is 27.9 Å². The van der Waals surface area contributed by atoms with Gasteiger partial charge in [-0.1, -0.05) is 0 Å². The van der Waals surface area contributed by atoms with Crippen LogP contribution in [0.15, 0.2) is 34.6 Å². The average Bonchev–Trinajstić information content (AvgIpc) is 3.32. The Morgan fingerprint density at radius 3 is 2.81 bits per heavy atom. The molecule has 26 heavy (non-hydrogen) atoms. The molecule has 1 atom stereocenters. The van der Waals surface area contributed by atoms with Crippen molar-refractivity contribution in [3.63, 3.8) is 0 Å². The molecule has 3 rings (SSSR count). The third kappa shape index (κ3) is 4.74. The van der Waals surface area contributed by atoms with E-state index in [1.54, 1.807) is 25.5 Å². The van der Waals surface area contributed by atoms with Gasteiger partial charge >= 0.3 is 0 Å². The van der Waals surface area contributed by atoms with E-state index in [9.17, 15) is 0 Å². The Balaban J connectivity index is 1.53. The summed E-state index contributed by atoms with van der Waals surface area (Å²) in [4.78, 5) is 8.98. The molecule has 7 heteroatoms. The quantitative estimate of drug-likeness (QED) is 0.601. The van der Waals surface area contributed by atoms with Crippen LogP contribution in [0, 0.1) is 0 Å². The summed E-state index contributed by atoms with van der Waals surface area (Å²) in [5.41, 5.74) is 1.99. The van der Waals surface area contributed by atoms with Gasteiger partial charge in [-0.05, 0) is 44.0 Å². The minimum absolute atomic E-state index is 0.0974. The Kier molecular flexibility index (Phi) is 6.11. The van der Waals surface area contributed by atoms with Crippen molar-refractivity contribution in [1.82, 2.24) is 15.6 Å². The molecule has 0 aliphatic carbocycles. The Morgan fingerprint density at radius 1 is 1.35 bits per heavy atom. The fourth-order valence-electron chi connectivity index (χ4n) is 2.90. The van der Waals surface area contributed by atoms with Crippen molar-refractivity contribution in [1.29, 1.82) is 0 Å². The first kappa shape index (κ1) is 18.7. The molecule has 2 heterocycles. The fourth-order valence-corrected chi connectivity index (χ4v) is 3.72. The van der Waals surface area contributed by atoms with E-state index >= 15 is 0 Å². The van der Waals surface area contributed by atoms with Crippen molar-refractivity contribution in [2.45, 2.75) is 31.9 Å². The number of benzene rings is 1. The van der Waals surface area contributed by atoms with E-state index in [4.69, 9.17) is 14.5 Å². The molecule has 1 aromatic carbocycles. The summed E-state index contributed by atoms with van der Waals surface area (Å²) in [6, 6.07) is 7.95. The van der Waals surface area contributed by atoms with Crippen LogP contribution in [0.25, 0.3) is 10.6 Å². The lowest BCUT2D eigenvalue weighted by molar-refractivity contribution is 0.0243. The number of hydrogen-bond acceptors (Lipinski definition) is 5. The summed E-state index contributed by atoms with van der Waals surface area (Å²) >= 11 is 1.64. The second-order valence-electron chi connectivity index (χ2n) is 6.55. The Hall–Kier alpha value is -2.12. The van der Waals surface area contributed by atoms with Gasteiger partial charge in [0.25, 0.3) is 0 Å². The highest BCUT2D eigenvalue weighted by Crippen LogP contribution is 2.26. The maximum absolute atomic E-state index is 5.80. The number of hydrogen-bond donors (Lipinski definition) is 2. The predicted octanol–water partition coefficient (Wildman–Crippen LogP) is 3.05. The summed E-state index contributed by atoms with van der Waals surface area (Å²) < 4.78 is 11.0. The predicted molar refractivity (Wildman–Crippen MR) is 106 cm³/mol. The van der Waals surface area contributed by atoms with E-state index < -0.39 is 0 Å². The number of aliphatic imine (C=N–C) groups is 1. The highest BCUT2D eigenvalue weighted by atomic mass is 32.1. The van der Waals surface area contributed by atoms with Crippen LogP contribution in [0.1, 0.15) is 25.5 Å². The molecule has 1 aliphatic rings. The summed E-state index contributed by atoms with van der Waals surface area (Å²) in [6.07, 6.45) is 2.20. The van der Waals surface area contributed by atoms with Gasteiger partial charge in [-0.25, -0.2) is 4.98 Å². The smallest absolute Gasteiger partial charge is 0.191 e. The molecule has 0 bridgehead atoms. The van der Waals surface area contributed by atoms with E-state index in [0.717, 1.165) is 54.0 Å². The van der Waals surface area contributed by atoms with Crippen LogP contribution < -0.4 is 15.4 Å². The van der Waals surface area contributed by atoms with Crippen LogP contribution in [0.5, 0.6) is 5.75 Å². The summed E-state index contributed by atoms with van der Waals surface area (Å²) in [5.74, 6) is 1.61. The van der Waals surface area contributed by atoms with Crippen molar-refractivity contribution >= 4 is 17.3 Å². The van der Waals surface area contributed by atoms with Gasteiger partial charge in [-0.2, -0.15) is 0 Å². The van der Waals surface area contributed by atoms with Gasteiger partial charge in [0.15, 0.2) is 5.96 Å². The lowest BCUT2D eigenvalue weighted by atomic mass is 10.0. The normalized spacial score (nSPS) is 20.2. The minimum Gasteiger partial charge on any atom is -0.497 e. The molecule has 0 spiro atoms. The zero-order chi connectivity index (χ0) is 18.4. The Labute approximate surface area is 158 Å². The molecule has 2 N–H and O–H groups in total. The molecule has 1 fully saturated rings. The monoisotopic (exact) mass is 374 g/mol. The SMILES string of the molecule is CN=C(NCc1csc(-c2ccc(OC)cc2)n1)NCC1(C)CCCO1. The highest BCUT2D eigenvalue weighted by molar-refractivity contribution is 7.13. The van der Waals surface area contributed by atoms with Crippen LogP contribution in [0.4, 0.5) is 0 Å². The van der Waals surface area contributed by atoms with E-state index in [0.29, 0.717) is 6.54 Å². The van der Waals surface area contributed by atoms with Crippen molar-refractivity contribution in [3.05, 3.63) is 35.3 Å². The Morgan fingerprint density at radius 2 is 2.15 bits per heavy atom. The number of nitrogens with zero attached hydrogens (tertiary/aromatic N) is 2. The molecule has 1 unspecified atom stereocenters. The van der Waals surface area contributed by atoms with E-state index in [-0.39, 0.29) is 5.60 Å². The van der Waals surface area contributed by atoms with Crippen molar-refractivity contribution < 1.29 is 9.47 Å². The third-order valence-electron chi connectivity index (χ3n) is 4.48. The van der Waals surface area contributed by atoms with Crippen molar-refractivity contribution in [2.24, 2.45) is 4.99 Å². The summed E-state index contributed by atoms with van der Waals surface area (Å²) in [6.45, 7) is 4.36. The number of rotatable bonds is 6. The zero-order valence-corrected chi connectivity index (χ0v) is 16.4. The molecule has 140 valence electrons. The number of nitrogens with one attached hydrogen (secondary N) is 2. The zero-order valence-electron chi connectivity index (χ0n) is 15.5. The number of guanidine groups is 1. The maximum Gasteiger partial charge on any atom is 0.191 e. The van der Waals surface area contributed by atoms with Gasteiger partial charge in [-0.15, -0.1) is 11.3 Å². The number of thiazole rings is 1. The third-order valence-corrected chi connectivity index (χ3v) is 5.42. The topological polar surface area (TPSA) is 67.8 Å². The van der Waals surface area contributed by atoms with Gasteiger partial charge in [0.1, 0.15) is 10.8 Å². The van der Waals surface area contributed by atoms with Crippen LogP contribution in [-0.2, 0) is 11.3 Å². The second kappa shape index (κ2) is 8.51. The molecule has 6 nitrogen and oxygen atoms in total. The lowest BCUT2D eigenvalue weighted by Gasteiger charge is -2.24. The van der Waals surface area contributed by atoms with Gasteiger partial charge in [-0.3, -0.25) is 4.99 Å². The molecule has 0 saturated carbocycles. The summed E-state index contributed by atoms with van der Waals surface area (Å²) in [5, 5.41) is 9.74. The van der Waals surface area contributed by atoms with Crippen molar-refractivity contribution in [2.75, 3.05) is 27.3 Å². The number of ether oxygens (including phenoxy) is 2. The standard InChI is InChI=1S/C19H26N4O2S/c1-19(9-4-10-25-19)13-22-18(20-2)21-11-15-12-26-17(23-15)14-5-7-16(24-3)8-6-14/h5-8,12H,4,9-11,13H2,1-3H3,(H2,20,21,22). The van der Waals surface area contributed by atoms with Crippen LogP contribution in [0.3, 0.4) is 0 Å². The first-order valence-corrected chi connectivity index (χ1v) is 9.67. The molecule has 1 saturated heterocycles. The molecule has 2 aromatic rings. The molecular formula is C19H26N4O2S. The largest absolute Gasteiger partial charge is 0.497 e. The lowest BCUT2D eigenvalue weighted by Crippen LogP contribution is -2.45. The van der Waals surface area contributed by atoms with Crippen LogP contribution in [0.2, 0.25) is 0 Å². The molecule has 0 radical (unpaired) electrons. The highest BCUT2D eigenvalue weighted by Gasteiger charge is 2.29. The van der Waals surface area contributed by atoms with Gasteiger partial charge < -0.3 is 20.1 Å². The maximum atomic E-state index is 5.80. The average molecular weight is 375 g/mol. The molecule has 1 aliphatic heterocycles. The van der Waals surface area contributed by atoms with Gasteiger partial charge in [0.2, 0.25) is 0 Å². The van der Waals surface area contributed by atoms with Gasteiger partial charge in [0.05, 0.1) is 24.9 Å². The van der Waals surface area contributed by atoms with Crippen LogP contribution in [-0.4, -0.2) is 43.9 Å². The molecule has 0 amide bonds. The first-order valence-electron chi connectivity index (χ1n) is 8.79. The minimum atomic E-state index is -0.0974. The first-order chi connectivity index (χ1) is 12.6. The number of methoxy groups -OCH3 is 1. The van der Waals surface area contributed by atoms with Crippen molar-refractivity contribution in [3.8, 4) is 16.3 Å². The number of aromatic nitrogens is 1. The van der Waals surface area contributed by atoms with Crippen LogP contribution >= 0.6 is 11.3 Å². The van der Waals surface area contributed by atoms with E-state index in [1.807, 2.05) is 24.3 Å². The van der Waals surface area contributed by atoms with Gasteiger partial charge in [0, 0.05) is 31.1 Å². The second-order valence-corrected chi connectivity index (χ2v) is 7.41. The fraction of sp³-hybridized carbons (Fsp3) is 0.474. The molecule has 1 aromatic heterocycles. The molecular weight excluding hydrogens is 348 g/mol. The Bertz CT molecular complexity index is 736.